The number of rotatable bonds is 7. The minimum atomic E-state index is -5.99. The first-order valence-electron chi connectivity index (χ1n) is 10.3. The minimum Gasteiger partial charge on any atom is -0.365 e. The summed E-state index contributed by atoms with van der Waals surface area (Å²) < 4.78 is 96.8. The van der Waals surface area contributed by atoms with Crippen LogP contribution < -0.4 is 0 Å². The van der Waals surface area contributed by atoms with Gasteiger partial charge in [0.15, 0.2) is 12.6 Å². The summed E-state index contributed by atoms with van der Waals surface area (Å²) in [7, 11) is -4.73. The van der Waals surface area contributed by atoms with E-state index in [9.17, 15) is 21.6 Å². The third kappa shape index (κ3) is 5.43. The van der Waals surface area contributed by atoms with E-state index in [1.54, 1.807) is 60.7 Å². The fourth-order valence-electron chi connectivity index (χ4n) is 3.77. The van der Waals surface area contributed by atoms with Crippen LogP contribution in [0.2, 0.25) is 0 Å². The van der Waals surface area contributed by atoms with Gasteiger partial charge in [0.2, 0.25) is 0 Å². The molecule has 2 aromatic rings. The fraction of sp³-hybridized carbons (Fsp3) is 0.455. The Hall–Kier alpha value is -2.06. The van der Waals surface area contributed by atoms with Crippen LogP contribution in [0, 0.1) is 0 Å². The molecule has 2 aliphatic heterocycles. The second-order valence-electron chi connectivity index (χ2n) is 7.68. The van der Waals surface area contributed by atoms with Crippen molar-refractivity contribution < 1.29 is 49.5 Å². The molecule has 4 rings (SSSR count). The van der Waals surface area contributed by atoms with E-state index in [0.717, 1.165) is 0 Å². The summed E-state index contributed by atoms with van der Waals surface area (Å²) in [5, 5.41) is 0. The smallest absolute Gasteiger partial charge is 0.365 e. The van der Waals surface area contributed by atoms with Crippen molar-refractivity contribution in [3.05, 3.63) is 71.8 Å². The number of benzene rings is 2. The number of ether oxygens (including phenoxy) is 5. The highest BCUT2D eigenvalue weighted by Crippen LogP contribution is 2.39. The molecular formula is C22H23F3O8S. The van der Waals surface area contributed by atoms with Gasteiger partial charge in [0.05, 0.1) is 13.2 Å². The first-order valence-corrected chi connectivity index (χ1v) is 11.8. The molecule has 0 unspecified atom stereocenters. The normalized spacial score (nSPS) is 30.0. The molecule has 2 aromatic carbocycles. The third-order valence-corrected chi connectivity index (χ3v) is 6.44. The monoisotopic (exact) mass is 504 g/mol. The largest absolute Gasteiger partial charge is 0.523 e. The SMILES string of the molecule is CO[C@@H]1O[C@@H]2CO[C@@H](c3ccccc3)O[C@H]2[C@H](OS(=O)(=O)C(F)(F)F)[C@H]1OCc1ccccc1. The van der Waals surface area contributed by atoms with Gasteiger partial charge in [0, 0.05) is 12.7 Å². The van der Waals surface area contributed by atoms with Gasteiger partial charge in [0.25, 0.3) is 0 Å². The Morgan fingerprint density at radius 1 is 0.971 bits per heavy atom. The van der Waals surface area contributed by atoms with Gasteiger partial charge in [-0.25, -0.2) is 0 Å². The summed E-state index contributed by atoms with van der Waals surface area (Å²) in [6.45, 7) is -0.155. The Labute approximate surface area is 194 Å². The third-order valence-electron chi connectivity index (χ3n) is 5.39. The van der Waals surface area contributed by atoms with Crippen molar-refractivity contribution >= 4 is 10.1 Å². The van der Waals surface area contributed by atoms with Crippen molar-refractivity contribution in [3.63, 3.8) is 0 Å². The molecule has 2 heterocycles. The number of fused-ring (bicyclic) bond motifs is 1. The maximum Gasteiger partial charge on any atom is 0.523 e. The van der Waals surface area contributed by atoms with E-state index in [1.807, 2.05) is 0 Å². The highest BCUT2D eigenvalue weighted by molar-refractivity contribution is 7.87. The van der Waals surface area contributed by atoms with Gasteiger partial charge in [-0.1, -0.05) is 60.7 Å². The predicted molar refractivity (Wildman–Crippen MR) is 111 cm³/mol. The molecule has 12 heteroatoms. The first kappa shape index (κ1) is 25.0. The molecule has 2 aliphatic rings. The minimum absolute atomic E-state index is 0.0589. The average molecular weight is 504 g/mol. The fourth-order valence-corrected chi connectivity index (χ4v) is 4.39. The first-order chi connectivity index (χ1) is 16.2. The molecule has 0 saturated carbocycles. The summed E-state index contributed by atoms with van der Waals surface area (Å²) in [5.74, 6) is 0. The molecule has 0 spiro atoms. The lowest BCUT2D eigenvalue weighted by molar-refractivity contribution is -0.360. The summed E-state index contributed by atoms with van der Waals surface area (Å²) in [4.78, 5) is 0. The van der Waals surface area contributed by atoms with Gasteiger partial charge in [0.1, 0.15) is 24.4 Å². The van der Waals surface area contributed by atoms with Crippen LogP contribution in [0.15, 0.2) is 60.7 Å². The summed E-state index contributed by atoms with van der Waals surface area (Å²) in [5.41, 5.74) is -4.35. The number of hydrogen-bond acceptors (Lipinski definition) is 8. The standard InChI is InChI=1S/C22H23F3O8S/c1-28-21-19(29-12-14-8-4-2-5-9-14)18(33-34(26,27)22(23,24)25)17-16(31-21)13-30-20(32-17)15-10-6-3-7-11-15/h2-11,16-21H,12-13H2,1H3/t16-,17-,18+,19-,20-,21-/m1/s1. The summed E-state index contributed by atoms with van der Waals surface area (Å²) >= 11 is 0. The van der Waals surface area contributed by atoms with Crippen LogP contribution >= 0.6 is 0 Å². The second-order valence-corrected chi connectivity index (χ2v) is 9.24. The van der Waals surface area contributed by atoms with Crippen molar-refractivity contribution in [2.45, 2.75) is 49.1 Å². The maximum absolute atomic E-state index is 13.2. The molecular weight excluding hydrogens is 481 g/mol. The van der Waals surface area contributed by atoms with Gasteiger partial charge < -0.3 is 23.7 Å². The van der Waals surface area contributed by atoms with Crippen molar-refractivity contribution in [2.75, 3.05) is 13.7 Å². The molecule has 0 bridgehead atoms. The molecule has 0 N–H and O–H groups in total. The summed E-state index contributed by atoms with van der Waals surface area (Å²) in [6, 6.07) is 17.5. The molecule has 0 radical (unpaired) electrons. The van der Waals surface area contributed by atoms with Gasteiger partial charge in [-0.05, 0) is 5.56 Å². The van der Waals surface area contributed by atoms with E-state index >= 15 is 0 Å². The molecule has 2 fully saturated rings. The van der Waals surface area contributed by atoms with Crippen molar-refractivity contribution in [2.24, 2.45) is 0 Å². The molecule has 0 aliphatic carbocycles. The van der Waals surface area contributed by atoms with Gasteiger partial charge >= 0.3 is 15.6 Å². The van der Waals surface area contributed by atoms with Crippen LogP contribution in [-0.2, 0) is 44.6 Å². The molecule has 2 saturated heterocycles. The molecule has 186 valence electrons. The van der Waals surface area contributed by atoms with Crippen LogP contribution in [0.25, 0.3) is 0 Å². The van der Waals surface area contributed by atoms with Crippen LogP contribution in [0.4, 0.5) is 13.2 Å². The van der Waals surface area contributed by atoms with Crippen LogP contribution in [0.3, 0.4) is 0 Å². The van der Waals surface area contributed by atoms with Crippen LogP contribution in [0.1, 0.15) is 17.4 Å². The van der Waals surface area contributed by atoms with E-state index < -0.39 is 52.6 Å². The number of halogens is 3. The quantitative estimate of drug-likeness (QED) is 0.419. The van der Waals surface area contributed by atoms with Gasteiger partial charge in [-0.15, -0.1) is 0 Å². The molecule has 0 aromatic heterocycles. The molecule has 8 nitrogen and oxygen atoms in total. The second kappa shape index (κ2) is 10.3. The van der Waals surface area contributed by atoms with Gasteiger partial charge in [-0.3, -0.25) is 4.18 Å². The lowest BCUT2D eigenvalue weighted by Crippen LogP contribution is -2.64. The Balaban J connectivity index is 1.64. The lowest BCUT2D eigenvalue weighted by atomic mass is 9.97. The maximum atomic E-state index is 13.2. The zero-order valence-electron chi connectivity index (χ0n) is 18.0. The van der Waals surface area contributed by atoms with E-state index in [1.165, 1.54) is 7.11 Å². The molecule has 0 amide bonds. The van der Waals surface area contributed by atoms with Crippen molar-refractivity contribution in [1.82, 2.24) is 0 Å². The average Bonchev–Trinajstić information content (AvgIpc) is 2.83. The van der Waals surface area contributed by atoms with Crippen LogP contribution in [0.5, 0.6) is 0 Å². The van der Waals surface area contributed by atoms with E-state index in [-0.39, 0.29) is 13.2 Å². The highest BCUT2D eigenvalue weighted by atomic mass is 32.2. The van der Waals surface area contributed by atoms with E-state index in [0.29, 0.717) is 11.1 Å². The van der Waals surface area contributed by atoms with E-state index in [4.69, 9.17) is 27.9 Å². The Morgan fingerprint density at radius 2 is 1.62 bits per heavy atom. The van der Waals surface area contributed by atoms with Crippen molar-refractivity contribution in [1.29, 1.82) is 0 Å². The zero-order chi connectivity index (χ0) is 24.3. The lowest BCUT2D eigenvalue weighted by Gasteiger charge is -2.48. The highest BCUT2D eigenvalue weighted by Gasteiger charge is 2.57. The Morgan fingerprint density at radius 3 is 2.24 bits per heavy atom. The van der Waals surface area contributed by atoms with Gasteiger partial charge in [-0.2, -0.15) is 21.6 Å². The predicted octanol–water partition coefficient (Wildman–Crippen LogP) is 3.29. The molecule has 34 heavy (non-hydrogen) atoms. The number of hydrogen-bond donors (Lipinski definition) is 0. The topological polar surface area (TPSA) is 89.5 Å². The number of methoxy groups -OCH3 is 1. The van der Waals surface area contributed by atoms with Crippen LogP contribution in [-0.4, -0.2) is 58.3 Å². The zero-order valence-corrected chi connectivity index (χ0v) is 18.8. The Bertz CT molecular complexity index is 1030. The number of alkyl halides is 3. The summed E-state index contributed by atoms with van der Waals surface area (Å²) in [6.07, 6.45) is -7.52. The molecule has 6 atom stereocenters. The Kier molecular flexibility index (Phi) is 7.57. The van der Waals surface area contributed by atoms with E-state index in [2.05, 4.69) is 0 Å². The van der Waals surface area contributed by atoms with Crippen molar-refractivity contribution in [3.8, 4) is 0 Å².